The van der Waals surface area contributed by atoms with Crippen molar-refractivity contribution in [1.29, 1.82) is 0 Å². The lowest BCUT2D eigenvalue weighted by molar-refractivity contribution is -0.384. The summed E-state index contributed by atoms with van der Waals surface area (Å²) >= 11 is 0. The van der Waals surface area contributed by atoms with Crippen LogP contribution < -0.4 is 0 Å². The van der Waals surface area contributed by atoms with Gasteiger partial charge < -0.3 is 5.21 Å². The highest BCUT2D eigenvalue weighted by atomic mass is 16.6. The number of aromatic nitrogens is 2. The molecule has 0 radical (unpaired) electrons. The molecule has 104 valence electrons. The fraction of sp³-hybridized carbons (Fsp3) is 0. The molecular weight excluding hydrogens is 272 g/mol. The van der Waals surface area contributed by atoms with Crippen LogP contribution in [-0.2, 0) is 0 Å². The van der Waals surface area contributed by atoms with E-state index < -0.39 is 4.92 Å². The number of non-ortho nitro benzene ring substituents is 1. The molecule has 2 aromatic heterocycles. The first kappa shape index (κ1) is 12.8. The number of fused-ring (bicyclic) bond motifs is 1. The fourth-order valence-corrected chi connectivity index (χ4v) is 2.15. The van der Waals surface area contributed by atoms with Crippen molar-refractivity contribution in [2.75, 3.05) is 0 Å². The summed E-state index contributed by atoms with van der Waals surface area (Å²) in [5, 5.41) is 22.4. The zero-order valence-corrected chi connectivity index (χ0v) is 10.7. The maximum Gasteiger partial charge on any atom is 0.269 e. The van der Waals surface area contributed by atoms with Gasteiger partial charge in [-0.15, -0.1) is 0 Å². The van der Waals surface area contributed by atoms with E-state index in [-0.39, 0.29) is 5.69 Å². The Bertz CT molecular complexity index is 837. The molecular formula is C14H10N4O3. The Balaban J connectivity index is 2.18. The predicted molar refractivity (Wildman–Crippen MR) is 76.7 cm³/mol. The molecule has 0 aliphatic carbocycles. The number of benzene rings is 1. The van der Waals surface area contributed by atoms with E-state index in [4.69, 9.17) is 5.21 Å². The van der Waals surface area contributed by atoms with Crippen molar-refractivity contribution in [1.82, 2.24) is 9.38 Å². The number of oxime groups is 1. The molecule has 0 aliphatic heterocycles. The minimum absolute atomic E-state index is 0.0248. The number of nitro benzene ring substituents is 1. The normalized spacial score (nSPS) is 11.2. The van der Waals surface area contributed by atoms with Gasteiger partial charge in [-0.1, -0.05) is 11.2 Å². The summed E-state index contributed by atoms with van der Waals surface area (Å²) in [6, 6.07) is 11.7. The predicted octanol–water partition coefficient (Wildman–Crippen LogP) is 2.72. The molecule has 0 unspecified atom stereocenters. The Morgan fingerprint density at radius 2 is 2.00 bits per heavy atom. The molecule has 2 heterocycles. The summed E-state index contributed by atoms with van der Waals surface area (Å²) in [7, 11) is 0. The quantitative estimate of drug-likeness (QED) is 0.346. The van der Waals surface area contributed by atoms with Crippen LogP contribution in [0.4, 0.5) is 5.69 Å². The topological polar surface area (TPSA) is 93.0 Å². The smallest absolute Gasteiger partial charge is 0.269 e. The Morgan fingerprint density at radius 3 is 2.67 bits per heavy atom. The second-order valence-electron chi connectivity index (χ2n) is 4.33. The van der Waals surface area contributed by atoms with Gasteiger partial charge in [0.2, 0.25) is 0 Å². The molecule has 1 aromatic carbocycles. The van der Waals surface area contributed by atoms with Crippen LogP contribution in [0.25, 0.3) is 16.9 Å². The lowest BCUT2D eigenvalue weighted by Crippen LogP contribution is -1.90. The highest BCUT2D eigenvalue weighted by Gasteiger charge is 2.12. The van der Waals surface area contributed by atoms with Crippen LogP contribution in [0.3, 0.4) is 0 Å². The van der Waals surface area contributed by atoms with Crippen LogP contribution in [-0.4, -0.2) is 25.7 Å². The second-order valence-corrected chi connectivity index (χ2v) is 4.33. The van der Waals surface area contributed by atoms with Crippen LogP contribution in [0.5, 0.6) is 0 Å². The van der Waals surface area contributed by atoms with Crippen molar-refractivity contribution in [3.05, 3.63) is 64.5 Å². The summed E-state index contributed by atoms with van der Waals surface area (Å²) in [4.78, 5) is 14.7. The number of hydrogen-bond donors (Lipinski definition) is 1. The molecule has 0 saturated carbocycles. The third kappa shape index (κ3) is 2.20. The lowest BCUT2D eigenvalue weighted by Gasteiger charge is -2.00. The number of nitrogens with zero attached hydrogens (tertiary/aromatic N) is 4. The second kappa shape index (κ2) is 5.04. The number of imidazole rings is 1. The van der Waals surface area contributed by atoms with Gasteiger partial charge in [-0.2, -0.15) is 0 Å². The number of nitro groups is 1. The van der Waals surface area contributed by atoms with E-state index in [1.807, 2.05) is 28.8 Å². The third-order valence-corrected chi connectivity index (χ3v) is 3.09. The molecule has 0 fully saturated rings. The van der Waals surface area contributed by atoms with Gasteiger partial charge in [-0.25, -0.2) is 4.98 Å². The van der Waals surface area contributed by atoms with Crippen molar-refractivity contribution < 1.29 is 10.1 Å². The Morgan fingerprint density at radius 1 is 1.24 bits per heavy atom. The third-order valence-electron chi connectivity index (χ3n) is 3.09. The van der Waals surface area contributed by atoms with E-state index in [1.165, 1.54) is 18.3 Å². The Kier molecular flexibility index (Phi) is 3.07. The maximum atomic E-state index is 10.7. The van der Waals surface area contributed by atoms with E-state index in [2.05, 4.69) is 10.1 Å². The van der Waals surface area contributed by atoms with Crippen molar-refractivity contribution in [2.24, 2.45) is 5.16 Å². The molecule has 0 spiro atoms. The van der Waals surface area contributed by atoms with Crippen LogP contribution in [0.1, 0.15) is 5.69 Å². The summed E-state index contributed by atoms with van der Waals surface area (Å²) in [6.07, 6.45) is 3.08. The minimum atomic E-state index is -0.447. The van der Waals surface area contributed by atoms with Gasteiger partial charge in [-0.3, -0.25) is 14.5 Å². The highest BCUT2D eigenvalue weighted by Crippen LogP contribution is 2.24. The van der Waals surface area contributed by atoms with Gasteiger partial charge in [0.1, 0.15) is 11.5 Å². The van der Waals surface area contributed by atoms with Crippen molar-refractivity contribution in [2.45, 2.75) is 0 Å². The number of pyridine rings is 1. The highest BCUT2D eigenvalue weighted by molar-refractivity contribution is 5.88. The molecule has 3 aromatic rings. The van der Waals surface area contributed by atoms with Gasteiger partial charge in [-0.05, 0) is 24.3 Å². The van der Waals surface area contributed by atoms with Crippen LogP contribution >= 0.6 is 0 Å². The first-order chi connectivity index (χ1) is 10.2. The first-order valence-corrected chi connectivity index (χ1v) is 6.10. The molecule has 0 aliphatic rings. The van der Waals surface area contributed by atoms with Crippen molar-refractivity contribution in [3.8, 4) is 11.4 Å². The SMILES string of the molecule is O=[N+]([O-])c1ccc(-c2nc(/C=N\O)c3ccccn23)cc1. The van der Waals surface area contributed by atoms with Crippen molar-refractivity contribution in [3.63, 3.8) is 0 Å². The maximum absolute atomic E-state index is 10.7. The molecule has 0 bridgehead atoms. The largest absolute Gasteiger partial charge is 0.411 e. The average molecular weight is 282 g/mol. The first-order valence-electron chi connectivity index (χ1n) is 6.10. The Labute approximate surface area is 118 Å². The number of hydrogen-bond acceptors (Lipinski definition) is 5. The molecule has 0 atom stereocenters. The molecule has 21 heavy (non-hydrogen) atoms. The number of rotatable bonds is 3. The van der Waals surface area contributed by atoms with Gasteiger partial charge >= 0.3 is 0 Å². The van der Waals surface area contributed by atoms with Gasteiger partial charge in [0.05, 0.1) is 16.7 Å². The molecule has 3 rings (SSSR count). The average Bonchev–Trinajstić information content (AvgIpc) is 2.87. The fourth-order valence-electron chi connectivity index (χ4n) is 2.15. The standard InChI is InChI=1S/C14H10N4O3/c19-15-9-12-13-3-1-2-8-17(13)14(16-12)10-4-6-11(7-5-10)18(20)21/h1-9,19H/b15-9-. The minimum Gasteiger partial charge on any atom is -0.411 e. The van der Waals surface area contributed by atoms with Crippen molar-refractivity contribution >= 4 is 17.4 Å². The summed E-state index contributed by atoms with van der Waals surface area (Å²) in [6.45, 7) is 0. The molecule has 7 heteroatoms. The zero-order chi connectivity index (χ0) is 14.8. The zero-order valence-electron chi connectivity index (χ0n) is 10.7. The lowest BCUT2D eigenvalue weighted by atomic mass is 10.2. The van der Waals surface area contributed by atoms with Crippen LogP contribution in [0.15, 0.2) is 53.8 Å². The summed E-state index contributed by atoms with van der Waals surface area (Å²) in [5.41, 5.74) is 2.06. The monoisotopic (exact) mass is 282 g/mol. The van der Waals surface area contributed by atoms with Gasteiger partial charge in [0, 0.05) is 23.9 Å². The van der Waals surface area contributed by atoms with Crippen LogP contribution in [0, 0.1) is 10.1 Å². The Hall–Kier alpha value is -3.22. The van der Waals surface area contributed by atoms with E-state index in [0.29, 0.717) is 11.5 Å². The van der Waals surface area contributed by atoms with E-state index >= 15 is 0 Å². The van der Waals surface area contributed by atoms with Gasteiger partial charge in [0.25, 0.3) is 5.69 Å². The van der Waals surface area contributed by atoms with Gasteiger partial charge in [0.15, 0.2) is 0 Å². The van der Waals surface area contributed by atoms with E-state index in [9.17, 15) is 10.1 Å². The molecule has 0 amide bonds. The summed E-state index contributed by atoms with van der Waals surface area (Å²) < 4.78 is 1.83. The van der Waals surface area contributed by atoms with E-state index in [1.54, 1.807) is 12.1 Å². The van der Waals surface area contributed by atoms with Crippen LogP contribution in [0.2, 0.25) is 0 Å². The molecule has 1 N–H and O–H groups in total. The van der Waals surface area contributed by atoms with E-state index in [0.717, 1.165) is 11.1 Å². The molecule has 0 saturated heterocycles. The molecule has 7 nitrogen and oxygen atoms in total. The summed E-state index contributed by atoms with van der Waals surface area (Å²) in [5.74, 6) is 0.621.